The molecule has 0 fully saturated rings. The highest BCUT2D eigenvalue weighted by Gasteiger charge is 2.30. The predicted molar refractivity (Wildman–Crippen MR) is 54.2 cm³/mol. The van der Waals surface area contributed by atoms with Crippen molar-refractivity contribution in [1.82, 2.24) is 10.3 Å². The molecule has 0 aromatic carbocycles. The fraction of sp³-hybridized carbons (Fsp3) is 0.625. The second-order valence-corrected chi connectivity index (χ2v) is 3.96. The summed E-state index contributed by atoms with van der Waals surface area (Å²) in [6.07, 6.45) is -4.19. The lowest BCUT2D eigenvalue weighted by molar-refractivity contribution is -0.119. The average molecular weight is 239 g/mol. The molecule has 86 valence electrons. The minimum Gasteiger partial charge on any atom is -0.342 e. The molecule has 0 aliphatic carbocycles. The van der Waals surface area contributed by atoms with E-state index < -0.39 is 12.7 Å². The van der Waals surface area contributed by atoms with Crippen molar-refractivity contribution in [1.29, 1.82) is 0 Å². The molecule has 15 heavy (non-hydrogen) atoms. The molecule has 0 saturated carbocycles. The number of thiazole rings is 1. The zero-order valence-electron chi connectivity index (χ0n) is 8.43. The second-order valence-electron chi connectivity index (χ2n) is 3.12. The van der Waals surface area contributed by atoms with Gasteiger partial charge in [-0.25, -0.2) is 4.98 Å². The van der Waals surface area contributed by atoms with Crippen LogP contribution in [0.1, 0.15) is 5.69 Å². The van der Waals surface area contributed by atoms with Crippen LogP contribution in [0, 0.1) is 0 Å². The molecule has 0 atom stereocenters. The van der Waals surface area contributed by atoms with Crippen LogP contribution in [0.3, 0.4) is 0 Å². The zero-order chi connectivity index (χ0) is 11.5. The molecule has 0 amide bonds. The second kappa shape index (κ2) is 4.80. The predicted octanol–water partition coefficient (Wildman–Crippen LogP) is 1.86. The van der Waals surface area contributed by atoms with Gasteiger partial charge < -0.3 is 10.2 Å². The van der Waals surface area contributed by atoms with Crippen LogP contribution in [0.4, 0.5) is 18.3 Å². The van der Waals surface area contributed by atoms with E-state index in [2.05, 4.69) is 10.3 Å². The Bertz CT molecular complexity index is 310. The van der Waals surface area contributed by atoms with Crippen LogP contribution < -0.4 is 10.2 Å². The van der Waals surface area contributed by atoms with Crippen LogP contribution >= 0.6 is 11.3 Å². The van der Waals surface area contributed by atoms with Crippen molar-refractivity contribution in [3.05, 3.63) is 11.1 Å². The minimum absolute atomic E-state index is 0.387. The smallest absolute Gasteiger partial charge is 0.342 e. The van der Waals surface area contributed by atoms with Gasteiger partial charge >= 0.3 is 6.18 Å². The lowest BCUT2D eigenvalue weighted by atomic mass is 10.5. The van der Waals surface area contributed by atoms with Gasteiger partial charge in [0.25, 0.3) is 0 Å². The number of anilines is 1. The van der Waals surface area contributed by atoms with Crippen molar-refractivity contribution < 1.29 is 13.2 Å². The Kier molecular flexibility index (Phi) is 3.92. The molecule has 7 heteroatoms. The number of hydrogen-bond donors (Lipinski definition) is 1. The Balaban J connectivity index is 2.61. The first-order valence-corrected chi connectivity index (χ1v) is 5.17. The van der Waals surface area contributed by atoms with Gasteiger partial charge in [0.05, 0.1) is 5.69 Å². The standard InChI is InChI=1S/C8H12F3N3S/c1-12-3-6-4-15-7(13-6)14(2)5-8(9,10)11/h4,12H,3,5H2,1-2H3. The molecule has 0 aliphatic rings. The average Bonchev–Trinajstić information content (AvgIpc) is 2.50. The normalized spacial score (nSPS) is 11.8. The Hall–Kier alpha value is -0.820. The van der Waals surface area contributed by atoms with Crippen molar-refractivity contribution in [2.24, 2.45) is 0 Å². The summed E-state index contributed by atoms with van der Waals surface area (Å²) < 4.78 is 36.2. The van der Waals surface area contributed by atoms with Gasteiger partial charge in [0, 0.05) is 19.0 Å². The summed E-state index contributed by atoms with van der Waals surface area (Å²) in [4.78, 5) is 5.17. The van der Waals surface area contributed by atoms with E-state index in [0.717, 1.165) is 10.6 Å². The topological polar surface area (TPSA) is 28.2 Å². The Morgan fingerprint density at radius 3 is 2.73 bits per heavy atom. The molecule has 0 unspecified atom stereocenters. The van der Waals surface area contributed by atoms with E-state index in [1.807, 2.05) is 0 Å². The van der Waals surface area contributed by atoms with Crippen LogP contribution in [0.15, 0.2) is 5.38 Å². The molecule has 1 N–H and O–H groups in total. The number of nitrogens with one attached hydrogen (secondary N) is 1. The van der Waals surface area contributed by atoms with Crippen molar-refractivity contribution in [3.8, 4) is 0 Å². The summed E-state index contributed by atoms with van der Waals surface area (Å²) in [5, 5.41) is 5.02. The summed E-state index contributed by atoms with van der Waals surface area (Å²) in [7, 11) is 3.15. The highest BCUT2D eigenvalue weighted by Crippen LogP contribution is 2.23. The number of hydrogen-bond acceptors (Lipinski definition) is 4. The molecule has 0 bridgehead atoms. The van der Waals surface area contributed by atoms with E-state index >= 15 is 0 Å². The highest BCUT2D eigenvalue weighted by atomic mass is 32.1. The van der Waals surface area contributed by atoms with Crippen molar-refractivity contribution in [2.75, 3.05) is 25.5 Å². The van der Waals surface area contributed by atoms with Gasteiger partial charge in [0.15, 0.2) is 5.13 Å². The fourth-order valence-corrected chi connectivity index (χ4v) is 1.86. The maximum atomic E-state index is 12.1. The van der Waals surface area contributed by atoms with Crippen LogP contribution in [-0.2, 0) is 6.54 Å². The first-order chi connectivity index (χ1) is 6.92. The van der Waals surface area contributed by atoms with E-state index in [1.54, 1.807) is 12.4 Å². The SMILES string of the molecule is CNCc1csc(N(C)CC(F)(F)F)n1. The number of halogens is 3. The Labute approximate surface area is 89.9 Å². The number of rotatable bonds is 4. The number of nitrogens with zero attached hydrogens (tertiary/aromatic N) is 2. The van der Waals surface area contributed by atoms with Crippen molar-refractivity contribution in [3.63, 3.8) is 0 Å². The summed E-state index contributed by atoms with van der Waals surface area (Å²) in [5.41, 5.74) is 0.756. The third-order valence-corrected chi connectivity index (χ3v) is 2.64. The van der Waals surface area contributed by atoms with Crippen LogP contribution in [0.25, 0.3) is 0 Å². The molecule has 1 heterocycles. The van der Waals surface area contributed by atoms with E-state index in [4.69, 9.17) is 0 Å². The number of alkyl halides is 3. The van der Waals surface area contributed by atoms with E-state index in [1.165, 1.54) is 18.4 Å². The molecular formula is C8H12F3N3S. The molecule has 1 rings (SSSR count). The summed E-state index contributed by atoms with van der Waals surface area (Å²) in [5.74, 6) is 0. The largest absolute Gasteiger partial charge is 0.405 e. The van der Waals surface area contributed by atoms with Gasteiger partial charge in [0.1, 0.15) is 6.54 Å². The molecule has 0 saturated heterocycles. The first kappa shape index (κ1) is 12.3. The highest BCUT2D eigenvalue weighted by molar-refractivity contribution is 7.13. The maximum Gasteiger partial charge on any atom is 0.405 e. The fourth-order valence-electron chi connectivity index (χ4n) is 1.07. The minimum atomic E-state index is -4.19. The van der Waals surface area contributed by atoms with Gasteiger partial charge in [-0.3, -0.25) is 0 Å². The summed E-state index contributed by atoms with van der Waals surface area (Å²) in [6, 6.07) is 0. The first-order valence-electron chi connectivity index (χ1n) is 4.29. The Morgan fingerprint density at radius 1 is 1.53 bits per heavy atom. The molecule has 0 aliphatic heterocycles. The van der Waals surface area contributed by atoms with Crippen molar-refractivity contribution >= 4 is 16.5 Å². The van der Waals surface area contributed by atoms with Gasteiger partial charge in [0.2, 0.25) is 0 Å². The third-order valence-electron chi connectivity index (χ3n) is 1.64. The third kappa shape index (κ3) is 4.05. The van der Waals surface area contributed by atoms with E-state index in [-0.39, 0.29) is 0 Å². The van der Waals surface area contributed by atoms with Crippen LogP contribution in [0.2, 0.25) is 0 Å². The van der Waals surface area contributed by atoms with Gasteiger partial charge in [-0.1, -0.05) is 0 Å². The molecule has 3 nitrogen and oxygen atoms in total. The van der Waals surface area contributed by atoms with Gasteiger partial charge in [-0.05, 0) is 7.05 Å². The molecule has 0 radical (unpaired) electrons. The van der Waals surface area contributed by atoms with Gasteiger partial charge in [-0.2, -0.15) is 13.2 Å². The monoisotopic (exact) mass is 239 g/mol. The van der Waals surface area contributed by atoms with Crippen LogP contribution in [-0.4, -0.2) is 31.8 Å². The van der Waals surface area contributed by atoms with Crippen LogP contribution in [0.5, 0.6) is 0 Å². The maximum absolute atomic E-state index is 12.1. The van der Waals surface area contributed by atoms with E-state index in [0.29, 0.717) is 11.7 Å². The lowest BCUT2D eigenvalue weighted by Gasteiger charge is -2.17. The summed E-state index contributed by atoms with van der Waals surface area (Å²) >= 11 is 1.21. The molecule has 1 aromatic heterocycles. The summed E-state index contributed by atoms with van der Waals surface area (Å²) in [6.45, 7) is -0.407. The molecule has 0 spiro atoms. The lowest BCUT2D eigenvalue weighted by Crippen LogP contribution is -2.30. The van der Waals surface area contributed by atoms with Crippen molar-refractivity contribution in [2.45, 2.75) is 12.7 Å². The zero-order valence-corrected chi connectivity index (χ0v) is 9.24. The molecule has 1 aromatic rings. The number of aromatic nitrogens is 1. The quantitative estimate of drug-likeness (QED) is 0.869. The van der Waals surface area contributed by atoms with Gasteiger partial charge in [-0.15, -0.1) is 11.3 Å². The Morgan fingerprint density at radius 2 is 2.20 bits per heavy atom. The molecular weight excluding hydrogens is 227 g/mol. The van der Waals surface area contributed by atoms with E-state index in [9.17, 15) is 13.2 Å².